The largest absolute Gasteiger partial charge is 0.496 e. The van der Waals surface area contributed by atoms with Gasteiger partial charge in [0.2, 0.25) is 5.91 Å². The Morgan fingerprint density at radius 2 is 1.90 bits per heavy atom. The Morgan fingerprint density at radius 3 is 2.65 bits per heavy atom. The molecule has 0 bridgehead atoms. The average molecular weight is 485 g/mol. The zero-order chi connectivity index (χ0) is 22.0. The average Bonchev–Trinajstić information content (AvgIpc) is 2.95. The second-order valence-electron chi connectivity index (χ2n) is 8.72. The first-order valence-corrected chi connectivity index (χ1v) is 11.8. The van der Waals surface area contributed by atoms with Crippen LogP contribution in [-0.2, 0) is 4.79 Å². The number of methoxy groups -OCH3 is 1. The number of halogens is 1. The fourth-order valence-corrected chi connectivity index (χ4v) is 5.42. The quantitative estimate of drug-likeness (QED) is 0.572. The highest BCUT2D eigenvalue weighted by Crippen LogP contribution is 2.39. The van der Waals surface area contributed by atoms with Crippen LogP contribution in [0.15, 0.2) is 40.9 Å². The molecule has 0 saturated heterocycles. The van der Waals surface area contributed by atoms with Gasteiger partial charge in [0.25, 0.3) is 0 Å². The number of benzene rings is 2. The van der Waals surface area contributed by atoms with E-state index in [1.54, 1.807) is 7.11 Å². The molecule has 1 heterocycles. The van der Waals surface area contributed by atoms with Gasteiger partial charge in [0.15, 0.2) is 5.78 Å². The van der Waals surface area contributed by atoms with Gasteiger partial charge in [-0.05, 0) is 84.1 Å². The van der Waals surface area contributed by atoms with Crippen molar-refractivity contribution < 1.29 is 14.3 Å². The van der Waals surface area contributed by atoms with Gasteiger partial charge in [0.05, 0.1) is 12.8 Å². The number of carbonyl (C=O) groups is 2. The van der Waals surface area contributed by atoms with Crippen molar-refractivity contribution in [3.8, 4) is 5.75 Å². The molecule has 31 heavy (non-hydrogen) atoms. The number of para-hydroxylation sites is 1. The molecule has 0 aromatic heterocycles. The van der Waals surface area contributed by atoms with E-state index in [-0.39, 0.29) is 17.6 Å². The van der Waals surface area contributed by atoms with Gasteiger partial charge in [-0.15, -0.1) is 0 Å². The van der Waals surface area contributed by atoms with E-state index in [1.165, 1.54) is 0 Å². The van der Waals surface area contributed by atoms with Gasteiger partial charge in [-0.1, -0.05) is 12.1 Å². The first-order chi connectivity index (χ1) is 15.0. The minimum Gasteiger partial charge on any atom is -0.496 e. The molecule has 1 aliphatic carbocycles. The summed E-state index contributed by atoms with van der Waals surface area (Å²) in [6.07, 6.45) is 4.25. The van der Waals surface area contributed by atoms with Crippen LogP contribution >= 0.6 is 15.9 Å². The Labute approximate surface area is 192 Å². The summed E-state index contributed by atoms with van der Waals surface area (Å²) in [5.41, 5.74) is 3.51. The van der Waals surface area contributed by atoms with Crippen LogP contribution < -0.4 is 15.4 Å². The number of Topliss-reactive ketones (excluding diaryl/α,β-unsaturated/α-hetero) is 1. The standard InChI is InChI=1S/C25H29BrN2O3/c1-15-6-11-19(13-23(15)31-2)28-25(30)17-9-7-16(8-10-17)18-12-22(29)20-4-3-5-21(26)24(20)27-14-18/h3-6,11,13,16-18,27H,7-10,12,14H2,1-2H3,(H,28,30). The van der Waals surface area contributed by atoms with Crippen molar-refractivity contribution in [3.63, 3.8) is 0 Å². The molecule has 1 saturated carbocycles. The highest BCUT2D eigenvalue weighted by molar-refractivity contribution is 9.10. The molecule has 164 valence electrons. The summed E-state index contributed by atoms with van der Waals surface area (Å²) in [4.78, 5) is 25.6. The Kier molecular flexibility index (Phi) is 6.65. The van der Waals surface area contributed by atoms with Crippen LogP contribution in [0.25, 0.3) is 0 Å². The van der Waals surface area contributed by atoms with Crippen LogP contribution in [0, 0.1) is 24.7 Å². The zero-order valence-electron chi connectivity index (χ0n) is 18.0. The molecule has 2 aliphatic rings. The Morgan fingerprint density at radius 1 is 1.13 bits per heavy atom. The normalized spacial score (nSPS) is 23.3. The Balaban J connectivity index is 1.34. The molecular formula is C25H29BrN2O3. The summed E-state index contributed by atoms with van der Waals surface area (Å²) < 4.78 is 6.29. The maximum atomic E-state index is 12.8. The molecule has 1 fully saturated rings. The lowest BCUT2D eigenvalue weighted by atomic mass is 9.74. The maximum Gasteiger partial charge on any atom is 0.227 e. The highest BCUT2D eigenvalue weighted by atomic mass is 79.9. The van der Waals surface area contributed by atoms with Gasteiger partial charge < -0.3 is 15.4 Å². The number of rotatable bonds is 4. The summed E-state index contributed by atoms with van der Waals surface area (Å²) >= 11 is 3.56. The van der Waals surface area contributed by atoms with Crippen LogP contribution in [-0.4, -0.2) is 25.3 Å². The SMILES string of the molecule is COc1cc(NC(=O)C2CCC(C3CNc4c(Br)cccc4C(=O)C3)CC2)ccc1C. The molecule has 1 atom stereocenters. The second kappa shape index (κ2) is 9.43. The molecular weight excluding hydrogens is 456 g/mol. The minimum atomic E-state index is 0.0179. The van der Waals surface area contributed by atoms with Gasteiger partial charge in [0, 0.05) is 40.7 Å². The van der Waals surface area contributed by atoms with Gasteiger partial charge in [-0.2, -0.15) is 0 Å². The number of ether oxygens (including phenoxy) is 1. The first kappa shape index (κ1) is 21.9. The summed E-state index contributed by atoms with van der Waals surface area (Å²) in [6, 6.07) is 11.5. The molecule has 0 radical (unpaired) electrons. The molecule has 1 aliphatic heterocycles. The van der Waals surface area contributed by atoms with Crippen molar-refractivity contribution in [3.05, 3.63) is 52.0 Å². The summed E-state index contributed by atoms with van der Waals surface area (Å²) in [5, 5.41) is 6.55. The van der Waals surface area contributed by atoms with Crippen LogP contribution in [0.4, 0.5) is 11.4 Å². The van der Waals surface area contributed by atoms with Crippen LogP contribution in [0.5, 0.6) is 5.75 Å². The minimum absolute atomic E-state index is 0.0179. The lowest BCUT2D eigenvalue weighted by Crippen LogP contribution is -2.31. The van der Waals surface area contributed by atoms with E-state index in [0.717, 1.165) is 65.0 Å². The number of nitrogens with one attached hydrogen (secondary N) is 2. The second-order valence-corrected chi connectivity index (χ2v) is 9.57. The van der Waals surface area contributed by atoms with Gasteiger partial charge >= 0.3 is 0 Å². The van der Waals surface area contributed by atoms with Gasteiger partial charge in [-0.25, -0.2) is 0 Å². The van der Waals surface area contributed by atoms with Crippen LogP contribution in [0.2, 0.25) is 0 Å². The van der Waals surface area contributed by atoms with Crippen molar-refractivity contribution in [2.24, 2.45) is 17.8 Å². The first-order valence-electron chi connectivity index (χ1n) is 11.0. The maximum absolute atomic E-state index is 12.8. The number of amides is 1. The lowest BCUT2D eigenvalue weighted by molar-refractivity contribution is -0.121. The molecule has 0 spiro atoms. The number of ketones is 1. The van der Waals surface area contributed by atoms with Crippen LogP contribution in [0.3, 0.4) is 0 Å². The third-order valence-electron chi connectivity index (χ3n) is 6.79. The predicted octanol–water partition coefficient (Wildman–Crippen LogP) is 5.83. The fourth-order valence-electron chi connectivity index (χ4n) is 4.92. The molecule has 1 unspecified atom stereocenters. The van der Waals surface area contributed by atoms with Crippen molar-refractivity contribution >= 4 is 39.0 Å². The zero-order valence-corrected chi connectivity index (χ0v) is 19.6. The van der Waals surface area contributed by atoms with E-state index < -0.39 is 0 Å². The van der Waals surface area contributed by atoms with Gasteiger partial charge in [-0.3, -0.25) is 9.59 Å². The summed E-state index contributed by atoms with van der Waals surface area (Å²) in [5.74, 6) is 1.85. The number of anilines is 2. The number of fused-ring (bicyclic) bond motifs is 1. The van der Waals surface area contributed by atoms with E-state index in [2.05, 4.69) is 26.6 Å². The third kappa shape index (κ3) is 4.79. The lowest BCUT2D eigenvalue weighted by Gasteiger charge is -2.32. The van der Waals surface area contributed by atoms with Crippen molar-refractivity contribution in [1.82, 2.24) is 0 Å². The summed E-state index contributed by atoms with van der Waals surface area (Å²) in [7, 11) is 1.64. The third-order valence-corrected chi connectivity index (χ3v) is 7.45. The van der Waals surface area contributed by atoms with E-state index in [4.69, 9.17) is 4.74 Å². The van der Waals surface area contributed by atoms with Crippen LogP contribution in [0.1, 0.15) is 48.0 Å². The molecule has 5 nitrogen and oxygen atoms in total. The van der Waals surface area contributed by atoms with E-state index >= 15 is 0 Å². The van der Waals surface area contributed by atoms with Crippen molar-refractivity contribution in [2.75, 3.05) is 24.3 Å². The number of hydrogen-bond acceptors (Lipinski definition) is 4. The molecule has 4 rings (SSSR count). The fraction of sp³-hybridized carbons (Fsp3) is 0.440. The van der Waals surface area contributed by atoms with Crippen molar-refractivity contribution in [1.29, 1.82) is 0 Å². The van der Waals surface area contributed by atoms with E-state index in [1.807, 2.05) is 43.3 Å². The molecule has 2 aromatic carbocycles. The number of aryl methyl sites for hydroxylation is 1. The number of hydrogen-bond donors (Lipinski definition) is 2. The molecule has 6 heteroatoms. The molecule has 2 aromatic rings. The van der Waals surface area contributed by atoms with E-state index in [0.29, 0.717) is 18.3 Å². The monoisotopic (exact) mass is 484 g/mol. The number of carbonyl (C=O) groups excluding carboxylic acids is 2. The molecule has 1 amide bonds. The topological polar surface area (TPSA) is 67.4 Å². The van der Waals surface area contributed by atoms with E-state index in [9.17, 15) is 9.59 Å². The molecule has 2 N–H and O–H groups in total. The van der Waals surface area contributed by atoms with Crippen molar-refractivity contribution in [2.45, 2.75) is 39.0 Å². The Bertz CT molecular complexity index is 983. The smallest absolute Gasteiger partial charge is 0.227 e. The summed E-state index contributed by atoms with van der Waals surface area (Å²) in [6.45, 7) is 2.78. The Hall–Kier alpha value is -2.34. The highest BCUT2D eigenvalue weighted by Gasteiger charge is 2.33. The predicted molar refractivity (Wildman–Crippen MR) is 127 cm³/mol. The van der Waals surface area contributed by atoms with Gasteiger partial charge in [0.1, 0.15) is 5.75 Å².